The molecule has 0 radical (unpaired) electrons. The van der Waals surface area contributed by atoms with Crippen LogP contribution in [0, 0.1) is 5.82 Å². The summed E-state index contributed by atoms with van der Waals surface area (Å²) in [6.07, 6.45) is 1.67. The second-order valence-electron chi connectivity index (χ2n) is 5.49. The molecule has 1 aromatic heterocycles. The summed E-state index contributed by atoms with van der Waals surface area (Å²) < 4.78 is 18.4. The molecule has 1 saturated heterocycles. The lowest BCUT2D eigenvalue weighted by Gasteiger charge is -2.34. The number of carbonyl (C=O) groups is 1. The van der Waals surface area contributed by atoms with Gasteiger partial charge in [0.15, 0.2) is 0 Å². The van der Waals surface area contributed by atoms with Crippen LogP contribution in [-0.2, 0) is 11.3 Å². The third-order valence-electron chi connectivity index (χ3n) is 3.89. The summed E-state index contributed by atoms with van der Waals surface area (Å²) in [7, 11) is 0. The molecule has 2 aromatic rings. The molecule has 2 amide bonds. The van der Waals surface area contributed by atoms with Gasteiger partial charge in [-0.1, -0.05) is 6.07 Å². The number of rotatable bonds is 4. The molecule has 0 bridgehead atoms. The van der Waals surface area contributed by atoms with Gasteiger partial charge in [0.1, 0.15) is 5.82 Å². The van der Waals surface area contributed by atoms with E-state index in [9.17, 15) is 9.18 Å². The first-order valence-corrected chi connectivity index (χ1v) is 8.53. The van der Waals surface area contributed by atoms with E-state index in [1.54, 1.807) is 23.5 Å². The number of ether oxygens (including phenoxy) is 1. The quantitative estimate of drug-likeness (QED) is 0.914. The highest BCUT2D eigenvalue weighted by molar-refractivity contribution is 7.09. The summed E-state index contributed by atoms with van der Waals surface area (Å²) in [5, 5.41) is 4.87. The van der Waals surface area contributed by atoms with Crippen molar-refractivity contribution in [2.24, 2.45) is 0 Å². The number of nitrogens with zero attached hydrogens (tertiary/aromatic N) is 1. The van der Waals surface area contributed by atoms with Crippen molar-refractivity contribution in [3.05, 3.63) is 52.5 Å². The molecule has 1 aliphatic rings. The molecule has 0 atom stereocenters. The van der Waals surface area contributed by atoms with E-state index in [0.717, 1.165) is 17.7 Å². The third-order valence-corrected chi connectivity index (χ3v) is 4.76. The zero-order valence-electron chi connectivity index (χ0n) is 12.7. The molecule has 1 aliphatic heterocycles. The van der Waals surface area contributed by atoms with Crippen LogP contribution in [0.2, 0.25) is 0 Å². The smallest absolute Gasteiger partial charge is 0.322 e. The first kappa shape index (κ1) is 16.0. The van der Waals surface area contributed by atoms with Gasteiger partial charge in [-0.05, 0) is 48.6 Å². The molecular formula is C17H19FN2O2S. The number of amides is 2. The summed E-state index contributed by atoms with van der Waals surface area (Å²) >= 11 is 1.64. The Bertz CT molecular complexity index is 625. The van der Waals surface area contributed by atoms with Crippen molar-refractivity contribution in [3.8, 4) is 0 Å². The number of thiophene rings is 1. The Kier molecular flexibility index (Phi) is 5.25. The summed E-state index contributed by atoms with van der Waals surface area (Å²) in [6.45, 7) is 1.93. The molecule has 0 unspecified atom stereocenters. The van der Waals surface area contributed by atoms with Gasteiger partial charge in [-0.15, -0.1) is 11.3 Å². The summed E-state index contributed by atoms with van der Waals surface area (Å²) in [4.78, 5) is 15.7. The van der Waals surface area contributed by atoms with E-state index in [4.69, 9.17) is 4.74 Å². The van der Waals surface area contributed by atoms with Crippen LogP contribution in [0.3, 0.4) is 0 Å². The van der Waals surface area contributed by atoms with Crippen LogP contribution in [0.5, 0.6) is 0 Å². The van der Waals surface area contributed by atoms with Gasteiger partial charge < -0.3 is 15.0 Å². The van der Waals surface area contributed by atoms with Gasteiger partial charge in [0.25, 0.3) is 0 Å². The van der Waals surface area contributed by atoms with E-state index >= 15 is 0 Å². The molecule has 0 aliphatic carbocycles. The van der Waals surface area contributed by atoms with Gasteiger partial charge >= 0.3 is 6.03 Å². The molecule has 4 nitrogen and oxygen atoms in total. The maximum atomic E-state index is 13.0. The molecular weight excluding hydrogens is 315 g/mol. The summed E-state index contributed by atoms with van der Waals surface area (Å²) in [6, 6.07) is 9.84. The normalized spacial score (nSPS) is 15.3. The topological polar surface area (TPSA) is 41.6 Å². The van der Waals surface area contributed by atoms with Crippen molar-refractivity contribution in [3.63, 3.8) is 0 Å². The third kappa shape index (κ3) is 4.30. The lowest BCUT2D eigenvalue weighted by molar-refractivity contribution is 0.0462. The highest BCUT2D eigenvalue weighted by atomic mass is 32.1. The van der Waals surface area contributed by atoms with Crippen molar-refractivity contribution in [2.45, 2.75) is 25.4 Å². The fourth-order valence-electron chi connectivity index (χ4n) is 2.66. The number of hydrogen-bond acceptors (Lipinski definition) is 3. The van der Waals surface area contributed by atoms with Gasteiger partial charge in [-0.25, -0.2) is 9.18 Å². The Morgan fingerprint density at radius 2 is 2.00 bits per heavy atom. The van der Waals surface area contributed by atoms with Crippen LogP contribution in [0.15, 0.2) is 41.8 Å². The fourth-order valence-corrected chi connectivity index (χ4v) is 3.37. The average molecular weight is 334 g/mol. The Balaban J connectivity index is 1.72. The second kappa shape index (κ2) is 7.57. The molecule has 23 heavy (non-hydrogen) atoms. The molecule has 2 heterocycles. The number of halogens is 1. The molecule has 1 fully saturated rings. The number of anilines is 1. The fraction of sp³-hybridized carbons (Fsp3) is 0.353. The highest BCUT2D eigenvalue weighted by Crippen LogP contribution is 2.21. The minimum Gasteiger partial charge on any atom is -0.381 e. The molecule has 1 aromatic carbocycles. The van der Waals surface area contributed by atoms with E-state index < -0.39 is 0 Å². The molecule has 3 rings (SSSR count). The monoisotopic (exact) mass is 334 g/mol. The van der Waals surface area contributed by atoms with Crippen LogP contribution < -0.4 is 5.32 Å². The Labute approximate surface area is 138 Å². The predicted octanol–water partition coefficient (Wildman–Crippen LogP) is 4.10. The molecule has 0 spiro atoms. The van der Waals surface area contributed by atoms with Crippen LogP contribution in [-0.4, -0.2) is 30.2 Å². The lowest BCUT2D eigenvalue weighted by atomic mass is 10.1. The average Bonchev–Trinajstić information content (AvgIpc) is 3.09. The van der Waals surface area contributed by atoms with Gasteiger partial charge in [0.2, 0.25) is 0 Å². The van der Waals surface area contributed by atoms with E-state index in [2.05, 4.69) is 5.32 Å². The van der Waals surface area contributed by atoms with Crippen LogP contribution in [0.1, 0.15) is 17.7 Å². The largest absolute Gasteiger partial charge is 0.381 e. The Hall–Kier alpha value is -1.92. The van der Waals surface area contributed by atoms with E-state index in [1.807, 2.05) is 22.4 Å². The number of hydrogen-bond donors (Lipinski definition) is 1. The molecule has 6 heteroatoms. The number of urea groups is 1. The van der Waals surface area contributed by atoms with E-state index in [-0.39, 0.29) is 17.9 Å². The lowest BCUT2D eigenvalue weighted by Crippen LogP contribution is -2.44. The summed E-state index contributed by atoms with van der Waals surface area (Å²) in [5.41, 5.74) is 0.597. The zero-order chi connectivity index (χ0) is 16.1. The highest BCUT2D eigenvalue weighted by Gasteiger charge is 2.26. The number of nitrogens with one attached hydrogen (secondary N) is 1. The zero-order valence-corrected chi connectivity index (χ0v) is 13.5. The minimum atomic E-state index is -0.317. The van der Waals surface area contributed by atoms with Crippen molar-refractivity contribution in [1.82, 2.24) is 4.90 Å². The first-order chi connectivity index (χ1) is 11.2. The molecule has 122 valence electrons. The number of carbonyl (C=O) groups excluding carboxylic acids is 1. The maximum absolute atomic E-state index is 13.0. The number of benzene rings is 1. The summed E-state index contributed by atoms with van der Waals surface area (Å²) in [5.74, 6) is -0.317. The van der Waals surface area contributed by atoms with Gasteiger partial charge in [-0.3, -0.25) is 0 Å². The first-order valence-electron chi connectivity index (χ1n) is 7.66. The second-order valence-corrected chi connectivity index (χ2v) is 6.52. The Morgan fingerprint density at radius 1 is 1.26 bits per heavy atom. The van der Waals surface area contributed by atoms with E-state index in [1.165, 1.54) is 12.1 Å². The van der Waals surface area contributed by atoms with Gasteiger partial charge in [0.05, 0.1) is 6.54 Å². The van der Waals surface area contributed by atoms with E-state index in [0.29, 0.717) is 25.4 Å². The van der Waals surface area contributed by atoms with Crippen LogP contribution in [0.25, 0.3) is 0 Å². The van der Waals surface area contributed by atoms with Crippen molar-refractivity contribution < 1.29 is 13.9 Å². The minimum absolute atomic E-state index is 0.156. The predicted molar refractivity (Wildman–Crippen MR) is 89.1 cm³/mol. The van der Waals surface area contributed by atoms with Crippen LogP contribution >= 0.6 is 11.3 Å². The van der Waals surface area contributed by atoms with Crippen molar-refractivity contribution >= 4 is 23.1 Å². The van der Waals surface area contributed by atoms with Gasteiger partial charge in [0, 0.05) is 29.8 Å². The molecule has 0 saturated carbocycles. The van der Waals surface area contributed by atoms with Crippen molar-refractivity contribution in [1.29, 1.82) is 0 Å². The SMILES string of the molecule is O=C(Nc1ccc(F)cc1)N(Cc1cccs1)C1CCOCC1. The van der Waals surface area contributed by atoms with Crippen molar-refractivity contribution in [2.75, 3.05) is 18.5 Å². The van der Waals surface area contributed by atoms with Gasteiger partial charge in [-0.2, -0.15) is 0 Å². The standard InChI is InChI=1S/C17H19FN2O2S/c18-13-3-5-14(6-4-13)19-17(21)20(12-16-2-1-11-23-16)15-7-9-22-10-8-15/h1-6,11,15H,7-10,12H2,(H,19,21). The maximum Gasteiger partial charge on any atom is 0.322 e. The molecule has 1 N–H and O–H groups in total. The Morgan fingerprint density at radius 3 is 2.65 bits per heavy atom. The van der Waals surface area contributed by atoms with Crippen LogP contribution in [0.4, 0.5) is 14.9 Å².